The van der Waals surface area contributed by atoms with Crippen molar-refractivity contribution in [3.8, 4) is 6.07 Å². The Kier molecular flexibility index (Phi) is 7.05. The minimum Gasteiger partial charge on any atom is -0.453 e. The van der Waals surface area contributed by atoms with Crippen LogP contribution in [0.3, 0.4) is 0 Å². The first-order valence-corrected chi connectivity index (χ1v) is 7.04. The first-order chi connectivity index (χ1) is 9.93. The number of carbonyl (C=O) groups is 2. The van der Waals surface area contributed by atoms with E-state index < -0.39 is 35.0 Å². The van der Waals surface area contributed by atoms with E-state index in [0.717, 1.165) is 0 Å². The summed E-state index contributed by atoms with van der Waals surface area (Å²) in [7, 11) is 0. The number of allylic oxidation sites excluding steroid dienone is 1. The number of ether oxygens (including phenoxy) is 2. The first kappa shape index (κ1) is 19.9. The zero-order valence-electron chi connectivity index (χ0n) is 14.2. The van der Waals surface area contributed by atoms with Crippen LogP contribution in [0.5, 0.6) is 0 Å². The van der Waals surface area contributed by atoms with Gasteiger partial charge >= 0.3 is 11.9 Å². The molecule has 22 heavy (non-hydrogen) atoms. The van der Waals surface area contributed by atoms with E-state index in [1.165, 1.54) is 18.2 Å². The van der Waals surface area contributed by atoms with E-state index in [0.29, 0.717) is 0 Å². The van der Waals surface area contributed by atoms with Crippen molar-refractivity contribution >= 4 is 11.9 Å². The van der Waals surface area contributed by atoms with Gasteiger partial charge in [0.25, 0.3) is 0 Å². The Hall–Kier alpha value is -2.09. The fraction of sp³-hybridized carbons (Fsp3) is 0.588. The molecule has 0 bridgehead atoms. The van der Waals surface area contributed by atoms with Crippen LogP contribution in [-0.4, -0.2) is 24.1 Å². The van der Waals surface area contributed by atoms with E-state index >= 15 is 0 Å². The molecule has 0 rings (SSSR count). The maximum Gasteiger partial charge on any atom is 0.311 e. The Balaban J connectivity index is 5.26. The molecule has 0 aromatic heterocycles. The molecule has 122 valence electrons. The molecule has 0 aliphatic heterocycles. The highest BCUT2D eigenvalue weighted by molar-refractivity contribution is 5.77. The second-order valence-corrected chi connectivity index (χ2v) is 6.96. The minimum atomic E-state index is -0.893. The van der Waals surface area contributed by atoms with Crippen molar-refractivity contribution < 1.29 is 19.1 Å². The Labute approximate surface area is 132 Å². The third-order valence-electron chi connectivity index (χ3n) is 2.63. The molecule has 0 aromatic carbocycles. The van der Waals surface area contributed by atoms with Gasteiger partial charge in [-0.15, -0.1) is 0 Å². The number of hydrogen-bond acceptors (Lipinski definition) is 5. The van der Waals surface area contributed by atoms with Crippen LogP contribution in [0.1, 0.15) is 41.5 Å². The van der Waals surface area contributed by atoms with Gasteiger partial charge in [0.05, 0.1) is 16.9 Å². The normalized spacial score (nSPS) is 14.8. The summed E-state index contributed by atoms with van der Waals surface area (Å²) in [5.74, 6) is -0.904. The summed E-state index contributed by atoms with van der Waals surface area (Å²) in [5, 5.41) is 8.66. The molecule has 0 saturated carbocycles. The lowest BCUT2D eigenvalue weighted by molar-refractivity contribution is -0.171. The number of hydrogen-bond donors (Lipinski definition) is 0. The SMILES string of the molecule is C=C[C@H](OC(=O)C(C)(C)C)[C@H](/C=C/C#N)OC(=O)C(C)(C)C. The molecule has 0 N–H and O–H groups in total. The summed E-state index contributed by atoms with van der Waals surface area (Å²) < 4.78 is 10.7. The van der Waals surface area contributed by atoms with Crippen molar-refractivity contribution in [1.29, 1.82) is 5.26 Å². The summed E-state index contributed by atoms with van der Waals surface area (Å²) in [4.78, 5) is 24.0. The van der Waals surface area contributed by atoms with Crippen LogP contribution in [-0.2, 0) is 19.1 Å². The van der Waals surface area contributed by atoms with Crippen LogP contribution >= 0.6 is 0 Å². The van der Waals surface area contributed by atoms with Crippen LogP contribution in [0, 0.1) is 22.2 Å². The molecule has 0 spiro atoms. The maximum absolute atomic E-state index is 12.0. The topological polar surface area (TPSA) is 76.4 Å². The zero-order valence-corrected chi connectivity index (χ0v) is 14.2. The summed E-state index contributed by atoms with van der Waals surface area (Å²) in [6.07, 6.45) is 2.19. The van der Waals surface area contributed by atoms with Gasteiger partial charge in [0.15, 0.2) is 12.2 Å². The molecule has 0 aliphatic carbocycles. The van der Waals surface area contributed by atoms with Crippen molar-refractivity contribution in [3.63, 3.8) is 0 Å². The molecule has 2 atom stereocenters. The molecule has 5 heteroatoms. The molecule has 5 nitrogen and oxygen atoms in total. The van der Waals surface area contributed by atoms with Crippen LogP contribution in [0.4, 0.5) is 0 Å². The van der Waals surface area contributed by atoms with Crippen LogP contribution in [0.25, 0.3) is 0 Å². The fourth-order valence-electron chi connectivity index (χ4n) is 1.20. The molecule has 0 amide bonds. The zero-order chi connectivity index (χ0) is 17.6. The summed E-state index contributed by atoms with van der Waals surface area (Å²) in [6, 6.07) is 1.83. The lowest BCUT2D eigenvalue weighted by Gasteiger charge is -2.28. The number of esters is 2. The van der Waals surface area contributed by atoms with Crippen LogP contribution in [0.2, 0.25) is 0 Å². The van der Waals surface area contributed by atoms with Crippen LogP contribution < -0.4 is 0 Å². The molecule has 0 fully saturated rings. The van der Waals surface area contributed by atoms with Gasteiger partial charge in [0.2, 0.25) is 0 Å². The van der Waals surface area contributed by atoms with E-state index in [9.17, 15) is 9.59 Å². The number of rotatable bonds is 5. The van der Waals surface area contributed by atoms with Gasteiger partial charge in [-0.2, -0.15) is 5.26 Å². The largest absolute Gasteiger partial charge is 0.453 e. The number of carbonyl (C=O) groups excluding carboxylic acids is 2. The Morgan fingerprint density at radius 3 is 1.73 bits per heavy atom. The van der Waals surface area contributed by atoms with Gasteiger partial charge in [-0.1, -0.05) is 6.58 Å². The smallest absolute Gasteiger partial charge is 0.311 e. The highest BCUT2D eigenvalue weighted by atomic mass is 16.6. The Bertz CT molecular complexity index is 486. The Morgan fingerprint density at radius 1 is 1.00 bits per heavy atom. The molecule has 0 radical (unpaired) electrons. The predicted octanol–water partition coefficient (Wildman–Crippen LogP) is 3.17. The molecule has 0 heterocycles. The average Bonchev–Trinajstić information content (AvgIpc) is 2.38. The summed E-state index contributed by atoms with van der Waals surface area (Å²) >= 11 is 0. The lowest BCUT2D eigenvalue weighted by atomic mass is 9.96. The molecule has 0 unspecified atom stereocenters. The molecule has 0 aromatic rings. The third-order valence-corrected chi connectivity index (χ3v) is 2.63. The monoisotopic (exact) mass is 307 g/mol. The van der Waals surface area contributed by atoms with E-state index in [2.05, 4.69) is 6.58 Å². The lowest BCUT2D eigenvalue weighted by Crippen LogP contribution is -2.38. The van der Waals surface area contributed by atoms with Crippen molar-refractivity contribution in [2.75, 3.05) is 0 Å². The van der Waals surface area contributed by atoms with E-state index in [4.69, 9.17) is 14.7 Å². The molecular formula is C17H25NO4. The standard InChI is InChI=1S/C17H25NO4/c1-8-12(21-14(19)16(2,3)4)13(10-9-11-18)22-15(20)17(5,6)7/h8-10,12-13H,1H2,2-7H3/b10-9+/t12-,13-/m0/s1. The van der Waals surface area contributed by atoms with Gasteiger partial charge in [-0.25, -0.2) is 0 Å². The quantitative estimate of drug-likeness (QED) is 0.443. The predicted molar refractivity (Wildman–Crippen MR) is 83.6 cm³/mol. The van der Waals surface area contributed by atoms with Crippen molar-refractivity contribution in [2.45, 2.75) is 53.8 Å². The average molecular weight is 307 g/mol. The maximum atomic E-state index is 12.0. The Morgan fingerprint density at radius 2 is 1.41 bits per heavy atom. The molecule has 0 saturated heterocycles. The van der Waals surface area contributed by atoms with E-state index in [-0.39, 0.29) is 0 Å². The molecular weight excluding hydrogens is 282 g/mol. The van der Waals surface area contributed by atoms with E-state index in [1.54, 1.807) is 41.5 Å². The summed E-state index contributed by atoms with van der Waals surface area (Å²) in [5.41, 5.74) is -1.41. The highest BCUT2D eigenvalue weighted by Gasteiger charge is 2.32. The second-order valence-electron chi connectivity index (χ2n) is 6.96. The van der Waals surface area contributed by atoms with Gasteiger partial charge in [0, 0.05) is 6.08 Å². The minimum absolute atomic E-state index is 0.445. The van der Waals surface area contributed by atoms with Gasteiger partial charge in [0.1, 0.15) is 0 Å². The number of nitriles is 1. The van der Waals surface area contributed by atoms with Crippen molar-refractivity contribution in [3.05, 3.63) is 24.8 Å². The fourth-order valence-corrected chi connectivity index (χ4v) is 1.20. The van der Waals surface area contributed by atoms with Crippen molar-refractivity contribution in [2.24, 2.45) is 10.8 Å². The van der Waals surface area contributed by atoms with Gasteiger partial charge < -0.3 is 9.47 Å². The summed E-state index contributed by atoms with van der Waals surface area (Å²) in [6.45, 7) is 13.9. The number of nitrogens with zero attached hydrogens (tertiary/aromatic N) is 1. The third kappa shape index (κ3) is 6.57. The second kappa shape index (κ2) is 7.79. The molecule has 0 aliphatic rings. The van der Waals surface area contributed by atoms with Crippen molar-refractivity contribution in [1.82, 2.24) is 0 Å². The highest BCUT2D eigenvalue weighted by Crippen LogP contribution is 2.22. The van der Waals surface area contributed by atoms with Crippen LogP contribution in [0.15, 0.2) is 24.8 Å². The van der Waals surface area contributed by atoms with Gasteiger partial charge in [-0.05, 0) is 53.7 Å². The van der Waals surface area contributed by atoms with E-state index in [1.807, 2.05) is 6.07 Å². The van der Waals surface area contributed by atoms with Gasteiger partial charge in [-0.3, -0.25) is 9.59 Å². The first-order valence-electron chi connectivity index (χ1n) is 7.04.